The highest BCUT2D eigenvalue weighted by molar-refractivity contribution is 8.01. The van der Waals surface area contributed by atoms with E-state index in [4.69, 9.17) is 17.3 Å². The van der Waals surface area contributed by atoms with Gasteiger partial charge in [0.05, 0.1) is 17.1 Å². The number of hydrogen-bond acceptors (Lipinski definition) is 5. The van der Waals surface area contributed by atoms with Gasteiger partial charge in [-0.3, -0.25) is 9.59 Å². The molecule has 32 heavy (non-hydrogen) atoms. The van der Waals surface area contributed by atoms with E-state index in [1.54, 1.807) is 23.1 Å². The topological polar surface area (TPSA) is 78.7 Å². The van der Waals surface area contributed by atoms with Gasteiger partial charge in [0.25, 0.3) is 5.91 Å². The summed E-state index contributed by atoms with van der Waals surface area (Å²) in [5.41, 5.74) is 8.69. The molecule has 2 aliphatic rings. The van der Waals surface area contributed by atoms with Crippen molar-refractivity contribution in [1.29, 1.82) is 0 Å². The van der Waals surface area contributed by atoms with E-state index >= 15 is 0 Å². The fraction of sp³-hybridized carbons (Fsp3) is 0.167. The maximum Gasteiger partial charge on any atom is 0.256 e. The fourth-order valence-corrected chi connectivity index (χ4v) is 5.44. The minimum Gasteiger partial charge on any atom is -0.397 e. The first-order chi connectivity index (χ1) is 15.5. The molecule has 2 amide bonds. The largest absolute Gasteiger partial charge is 0.397 e. The predicted octanol–water partition coefficient (Wildman–Crippen LogP) is 4.18. The highest BCUT2D eigenvalue weighted by Crippen LogP contribution is 2.49. The number of benzene rings is 3. The van der Waals surface area contributed by atoms with Gasteiger partial charge >= 0.3 is 0 Å². The lowest BCUT2D eigenvalue weighted by Gasteiger charge is -2.40. The van der Waals surface area contributed by atoms with Crippen LogP contribution in [0.2, 0.25) is 5.02 Å². The van der Waals surface area contributed by atoms with E-state index in [0.29, 0.717) is 29.4 Å². The Morgan fingerprint density at radius 3 is 2.53 bits per heavy atom. The normalized spacial score (nSPS) is 19.1. The van der Waals surface area contributed by atoms with E-state index in [-0.39, 0.29) is 17.6 Å². The van der Waals surface area contributed by atoms with Crippen LogP contribution >= 0.6 is 23.5 Å². The van der Waals surface area contributed by atoms with E-state index in [0.717, 1.165) is 16.8 Å². The van der Waals surface area contributed by atoms with Gasteiger partial charge in [-0.25, -0.2) is 0 Å². The Balaban J connectivity index is 1.49. The summed E-state index contributed by atoms with van der Waals surface area (Å²) in [5.74, 6) is 0.0566. The van der Waals surface area contributed by atoms with Gasteiger partial charge in [-0.05, 0) is 42.3 Å². The lowest BCUT2D eigenvalue weighted by molar-refractivity contribution is -0.133. The summed E-state index contributed by atoms with van der Waals surface area (Å²) in [4.78, 5) is 30.4. The predicted molar refractivity (Wildman–Crippen MR) is 128 cm³/mol. The summed E-state index contributed by atoms with van der Waals surface area (Å²) < 4.78 is 3.16. The molecule has 0 spiro atoms. The number of halogens is 1. The Labute approximate surface area is 195 Å². The van der Waals surface area contributed by atoms with Crippen LogP contribution in [0.4, 0.5) is 11.4 Å². The molecule has 1 unspecified atom stereocenters. The van der Waals surface area contributed by atoms with Crippen LogP contribution in [0.15, 0.2) is 72.8 Å². The number of nitrogens with two attached hydrogens (primary N) is 1. The summed E-state index contributed by atoms with van der Waals surface area (Å²) >= 11 is 7.43. The molecule has 2 heterocycles. The molecule has 1 fully saturated rings. The molecule has 5 rings (SSSR count). The third-order valence-corrected chi connectivity index (χ3v) is 7.00. The quantitative estimate of drug-likeness (QED) is 0.437. The van der Waals surface area contributed by atoms with Crippen LogP contribution in [0.25, 0.3) is 0 Å². The van der Waals surface area contributed by atoms with E-state index < -0.39 is 5.66 Å². The molecule has 1 saturated heterocycles. The SMILES string of the molecule is Nc1ccccc1NSCC(=O)N1CCN2C(=O)c3ccccc3C12c1ccc(Cl)cc1. The van der Waals surface area contributed by atoms with Crippen LogP contribution in [0.1, 0.15) is 21.5 Å². The standard InChI is InChI=1S/C24H21ClN4O2S/c25-17-11-9-16(10-12-17)24-19-6-2-1-5-18(19)23(31)29(24)14-13-28(24)22(30)15-32-27-21-8-4-3-7-20(21)26/h1-12,27H,13-15,26H2. The molecule has 0 aliphatic carbocycles. The smallest absolute Gasteiger partial charge is 0.256 e. The monoisotopic (exact) mass is 464 g/mol. The first-order valence-electron chi connectivity index (χ1n) is 10.2. The van der Waals surface area contributed by atoms with Crippen LogP contribution in [0.3, 0.4) is 0 Å². The summed E-state index contributed by atoms with van der Waals surface area (Å²) in [6.45, 7) is 0.918. The van der Waals surface area contributed by atoms with Crippen molar-refractivity contribution in [1.82, 2.24) is 9.80 Å². The van der Waals surface area contributed by atoms with Gasteiger partial charge in [-0.2, -0.15) is 0 Å². The fourth-order valence-electron chi connectivity index (χ4n) is 4.63. The second-order valence-corrected chi connectivity index (χ2v) is 8.92. The summed E-state index contributed by atoms with van der Waals surface area (Å²) in [5, 5.41) is 0.602. The van der Waals surface area contributed by atoms with Gasteiger partial charge in [0, 0.05) is 34.8 Å². The molecular formula is C24H21ClN4O2S. The van der Waals surface area contributed by atoms with Gasteiger partial charge in [-0.15, -0.1) is 0 Å². The number of nitrogens with one attached hydrogen (secondary N) is 1. The van der Waals surface area contributed by atoms with Crippen molar-refractivity contribution in [3.05, 3.63) is 94.5 Å². The zero-order valence-electron chi connectivity index (χ0n) is 17.1. The summed E-state index contributed by atoms with van der Waals surface area (Å²) in [6, 6.07) is 22.3. The molecule has 3 aromatic rings. The molecule has 8 heteroatoms. The van der Waals surface area contributed by atoms with Crippen molar-refractivity contribution in [2.24, 2.45) is 0 Å². The Hall–Kier alpha value is -3.16. The van der Waals surface area contributed by atoms with Crippen LogP contribution in [0.5, 0.6) is 0 Å². The number of hydrogen-bond donors (Lipinski definition) is 2. The van der Waals surface area contributed by atoms with Gasteiger partial charge in [0.15, 0.2) is 5.66 Å². The number of nitrogens with zero attached hydrogens (tertiary/aromatic N) is 2. The molecular weight excluding hydrogens is 444 g/mol. The third kappa shape index (κ3) is 3.12. The highest BCUT2D eigenvalue weighted by atomic mass is 35.5. The second-order valence-electron chi connectivity index (χ2n) is 7.70. The number of carbonyl (C=O) groups excluding carboxylic acids is 2. The Morgan fingerprint density at radius 2 is 1.75 bits per heavy atom. The highest BCUT2D eigenvalue weighted by Gasteiger charge is 2.59. The Kier molecular flexibility index (Phi) is 5.23. The third-order valence-electron chi connectivity index (χ3n) is 5.99. The van der Waals surface area contributed by atoms with Crippen molar-refractivity contribution in [3.8, 4) is 0 Å². The number of amides is 2. The maximum absolute atomic E-state index is 13.5. The number of nitrogen functional groups attached to an aromatic ring is 1. The first-order valence-corrected chi connectivity index (χ1v) is 11.6. The zero-order chi connectivity index (χ0) is 22.3. The number of para-hydroxylation sites is 2. The Bertz CT molecular complexity index is 1200. The number of anilines is 2. The number of rotatable bonds is 5. The molecule has 0 radical (unpaired) electrons. The van der Waals surface area contributed by atoms with Crippen molar-refractivity contribution in [2.45, 2.75) is 5.66 Å². The number of carbonyl (C=O) groups is 2. The van der Waals surface area contributed by atoms with Crippen molar-refractivity contribution >= 4 is 46.7 Å². The van der Waals surface area contributed by atoms with Crippen molar-refractivity contribution < 1.29 is 9.59 Å². The minimum atomic E-state index is -0.971. The lowest BCUT2D eigenvalue weighted by Crippen LogP contribution is -2.52. The van der Waals surface area contributed by atoms with Gasteiger partial charge < -0.3 is 20.3 Å². The number of fused-ring (bicyclic) bond motifs is 3. The summed E-state index contributed by atoms with van der Waals surface area (Å²) in [6.07, 6.45) is 0. The molecule has 1 atom stereocenters. The zero-order valence-corrected chi connectivity index (χ0v) is 18.7. The average molecular weight is 465 g/mol. The lowest BCUT2D eigenvalue weighted by atomic mass is 9.90. The molecule has 3 N–H and O–H groups in total. The first kappa shape index (κ1) is 20.7. The molecule has 0 aromatic heterocycles. The molecule has 3 aromatic carbocycles. The van der Waals surface area contributed by atoms with E-state index in [1.807, 2.05) is 59.5 Å². The maximum atomic E-state index is 13.5. The van der Waals surface area contributed by atoms with Crippen LogP contribution < -0.4 is 10.5 Å². The molecule has 2 aliphatic heterocycles. The molecule has 0 saturated carbocycles. The second kappa shape index (κ2) is 8.07. The summed E-state index contributed by atoms with van der Waals surface area (Å²) in [7, 11) is 0. The van der Waals surface area contributed by atoms with Gasteiger partial charge in [0.1, 0.15) is 0 Å². The van der Waals surface area contributed by atoms with Crippen LogP contribution in [-0.2, 0) is 10.5 Å². The van der Waals surface area contributed by atoms with Crippen LogP contribution in [-0.4, -0.2) is 40.5 Å². The van der Waals surface area contributed by atoms with Crippen molar-refractivity contribution in [3.63, 3.8) is 0 Å². The van der Waals surface area contributed by atoms with Gasteiger partial charge in [-0.1, -0.05) is 54.1 Å². The molecule has 6 nitrogen and oxygen atoms in total. The van der Waals surface area contributed by atoms with E-state index in [1.165, 1.54) is 11.9 Å². The van der Waals surface area contributed by atoms with E-state index in [9.17, 15) is 9.59 Å². The van der Waals surface area contributed by atoms with Crippen LogP contribution in [0, 0.1) is 0 Å². The molecule has 162 valence electrons. The minimum absolute atomic E-state index is 0.0614. The van der Waals surface area contributed by atoms with Crippen molar-refractivity contribution in [2.75, 3.05) is 29.3 Å². The Morgan fingerprint density at radius 1 is 1.03 bits per heavy atom. The van der Waals surface area contributed by atoms with E-state index in [2.05, 4.69) is 4.72 Å². The van der Waals surface area contributed by atoms with Gasteiger partial charge in [0.2, 0.25) is 5.91 Å². The average Bonchev–Trinajstić information content (AvgIpc) is 3.31. The molecule has 0 bridgehead atoms.